The van der Waals surface area contributed by atoms with Crippen molar-refractivity contribution in [2.24, 2.45) is 0 Å². The van der Waals surface area contributed by atoms with E-state index in [9.17, 15) is 4.79 Å². The first-order valence-corrected chi connectivity index (χ1v) is 9.95. The molecule has 1 amide bonds. The third kappa shape index (κ3) is 3.28. The molecule has 26 heavy (non-hydrogen) atoms. The normalized spacial score (nSPS) is 26.3. The third-order valence-corrected chi connectivity index (χ3v) is 6.16. The van der Waals surface area contributed by atoms with E-state index in [1.54, 1.807) is 17.7 Å². The Morgan fingerprint density at radius 1 is 1.50 bits per heavy atom. The molecule has 2 fully saturated rings. The number of carbonyl (C=O) groups excluding carboxylic acids is 1. The van der Waals surface area contributed by atoms with Gasteiger partial charge in [0, 0.05) is 13.7 Å². The number of methoxy groups -OCH3 is 1. The Kier molecular flexibility index (Phi) is 5.06. The minimum atomic E-state index is -0.368. The van der Waals surface area contributed by atoms with Crippen molar-refractivity contribution >= 4 is 33.3 Å². The highest BCUT2D eigenvalue weighted by molar-refractivity contribution is 7.16. The van der Waals surface area contributed by atoms with Crippen LogP contribution in [0.25, 0.3) is 10.2 Å². The Labute approximate surface area is 156 Å². The predicted octanol–water partition coefficient (Wildman–Crippen LogP) is 1.97. The lowest BCUT2D eigenvalue weighted by Crippen LogP contribution is -2.64. The van der Waals surface area contributed by atoms with Gasteiger partial charge in [0.2, 0.25) is 5.91 Å². The predicted molar refractivity (Wildman–Crippen MR) is 101 cm³/mol. The molecule has 7 nitrogen and oxygen atoms in total. The van der Waals surface area contributed by atoms with E-state index in [1.165, 1.54) is 7.11 Å². The van der Waals surface area contributed by atoms with Crippen molar-refractivity contribution in [2.45, 2.75) is 37.3 Å². The standard InChI is InChI=1S/C18H24N4O3S/c1-24-10-15(23)21-14-4-2-3-6-18(14)11-22(7-8-25-18)16-13-5-9-26-17(13)20-12-19-16/h5,9,12,14H,2-4,6-8,10-11H2,1H3,(H,21,23)/t14-,18-/m1/s1. The van der Waals surface area contributed by atoms with E-state index in [2.05, 4.69) is 26.3 Å². The number of aromatic nitrogens is 2. The van der Waals surface area contributed by atoms with Gasteiger partial charge in [-0.15, -0.1) is 11.3 Å². The van der Waals surface area contributed by atoms with Gasteiger partial charge in [0.15, 0.2) is 0 Å². The number of carbonyl (C=O) groups is 1. The van der Waals surface area contributed by atoms with Crippen LogP contribution in [-0.2, 0) is 14.3 Å². The Morgan fingerprint density at radius 3 is 3.31 bits per heavy atom. The van der Waals surface area contributed by atoms with Crippen LogP contribution in [0.2, 0.25) is 0 Å². The molecule has 1 aliphatic heterocycles. The molecule has 1 spiro atoms. The topological polar surface area (TPSA) is 76.6 Å². The molecule has 0 unspecified atom stereocenters. The number of rotatable bonds is 4. The fraction of sp³-hybridized carbons (Fsp3) is 0.611. The number of hydrogen-bond donors (Lipinski definition) is 1. The average Bonchev–Trinajstić information content (AvgIpc) is 3.13. The molecule has 2 aromatic heterocycles. The fourth-order valence-corrected chi connectivity index (χ4v) is 4.89. The van der Waals surface area contributed by atoms with E-state index in [1.807, 2.05) is 5.38 Å². The van der Waals surface area contributed by atoms with Crippen LogP contribution < -0.4 is 10.2 Å². The fourth-order valence-electron chi connectivity index (χ4n) is 4.16. The third-order valence-electron chi connectivity index (χ3n) is 5.34. The molecule has 1 aliphatic carbocycles. The van der Waals surface area contributed by atoms with Crippen molar-refractivity contribution in [3.8, 4) is 0 Å². The summed E-state index contributed by atoms with van der Waals surface area (Å²) < 4.78 is 11.3. The molecule has 0 bridgehead atoms. The summed E-state index contributed by atoms with van der Waals surface area (Å²) in [6, 6.07) is 2.08. The molecule has 140 valence electrons. The Bertz CT molecular complexity index is 779. The molecule has 0 aromatic carbocycles. The van der Waals surface area contributed by atoms with Crippen molar-refractivity contribution in [3.05, 3.63) is 17.8 Å². The number of morpholine rings is 1. The minimum absolute atomic E-state index is 0.00139. The van der Waals surface area contributed by atoms with Gasteiger partial charge in [-0.25, -0.2) is 9.97 Å². The number of nitrogens with one attached hydrogen (secondary N) is 1. The monoisotopic (exact) mass is 376 g/mol. The molecule has 4 rings (SSSR count). The summed E-state index contributed by atoms with van der Waals surface area (Å²) in [6.45, 7) is 2.24. The van der Waals surface area contributed by atoms with Gasteiger partial charge in [0.1, 0.15) is 29.2 Å². The lowest BCUT2D eigenvalue weighted by atomic mass is 9.78. The zero-order valence-corrected chi connectivity index (χ0v) is 15.8. The number of anilines is 1. The Morgan fingerprint density at radius 2 is 2.42 bits per heavy atom. The summed E-state index contributed by atoms with van der Waals surface area (Å²) in [5.74, 6) is 0.883. The Hall–Kier alpha value is -1.77. The molecule has 1 saturated heterocycles. The van der Waals surface area contributed by atoms with Crippen LogP contribution in [0.3, 0.4) is 0 Å². The number of thiophene rings is 1. The summed E-state index contributed by atoms with van der Waals surface area (Å²) in [5.41, 5.74) is -0.368. The molecule has 0 radical (unpaired) electrons. The highest BCUT2D eigenvalue weighted by Gasteiger charge is 2.46. The zero-order valence-electron chi connectivity index (χ0n) is 14.9. The quantitative estimate of drug-likeness (QED) is 0.879. The Balaban J connectivity index is 1.59. The van der Waals surface area contributed by atoms with Gasteiger partial charge < -0.3 is 19.7 Å². The SMILES string of the molecule is COCC(=O)N[C@@H]1CCCC[C@@]12CN(c1ncnc3sccc13)CCO2. The molecule has 1 saturated carbocycles. The minimum Gasteiger partial charge on any atom is -0.375 e. The van der Waals surface area contributed by atoms with Crippen molar-refractivity contribution in [1.82, 2.24) is 15.3 Å². The summed E-state index contributed by atoms with van der Waals surface area (Å²) in [6.07, 6.45) is 5.72. The first kappa shape index (κ1) is 17.6. The first-order valence-electron chi connectivity index (χ1n) is 9.07. The highest BCUT2D eigenvalue weighted by atomic mass is 32.1. The summed E-state index contributed by atoms with van der Waals surface area (Å²) in [5, 5.41) is 6.28. The molecular weight excluding hydrogens is 352 g/mol. The van der Waals surface area contributed by atoms with Gasteiger partial charge in [-0.05, 0) is 24.3 Å². The van der Waals surface area contributed by atoms with Crippen LogP contribution in [0.15, 0.2) is 17.8 Å². The van der Waals surface area contributed by atoms with E-state index < -0.39 is 0 Å². The second-order valence-corrected chi connectivity index (χ2v) is 7.86. The van der Waals surface area contributed by atoms with Gasteiger partial charge >= 0.3 is 0 Å². The summed E-state index contributed by atoms with van der Waals surface area (Å²) in [4.78, 5) is 24.3. The van der Waals surface area contributed by atoms with E-state index in [0.717, 1.165) is 54.8 Å². The van der Waals surface area contributed by atoms with Crippen LogP contribution >= 0.6 is 11.3 Å². The highest BCUT2D eigenvalue weighted by Crippen LogP contribution is 2.37. The lowest BCUT2D eigenvalue weighted by molar-refractivity contribution is -0.134. The summed E-state index contributed by atoms with van der Waals surface area (Å²) in [7, 11) is 1.54. The number of fused-ring (bicyclic) bond motifs is 1. The lowest BCUT2D eigenvalue weighted by Gasteiger charge is -2.50. The van der Waals surface area contributed by atoms with Crippen LogP contribution in [0.4, 0.5) is 5.82 Å². The van der Waals surface area contributed by atoms with E-state index in [4.69, 9.17) is 9.47 Å². The molecule has 8 heteroatoms. The summed E-state index contributed by atoms with van der Waals surface area (Å²) >= 11 is 1.63. The molecule has 2 aromatic rings. The van der Waals surface area contributed by atoms with Crippen LogP contribution in [0.5, 0.6) is 0 Å². The molecule has 3 heterocycles. The molecular formula is C18H24N4O3S. The number of nitrogens with zero attached hydrogens (tertiary/aromatic N) is 3. The van der Waals surface area contributed by atoms with Crippen LogP contribution in [-0.4, -0.2) is 60.9 Å². The second kappa shape index (κ2) is 7.46. The molecule has 1 N–H and O–H groups in total. The van der Waals surface area contributed by atoms with E-state index in [0.29, 0.717) is 6.61 Å². The van der Waals surface area contributed by atoms with Gasteiger partial charge in [-0.3, -0.25) is 4.79 Å². The van der Waals surface area contributed by atoms with Gasteiger partial charge in [0.25, 0.3) is 0 Å². The van der Waals surface area contributed by atoms with Crippen molar-refractivity contribution in [1.29, 1.82) is 0 Å². The van der Waals surface area contributed by atoms with Gasteiger partial charge in [-0.2, -0.15) is 0 Å². The largest absolute Gasteiger partial charge is 0.375 e. The van der Waals surface area contributed by atoms with Crippen LogP contribution in [0.1, 0.15) is 25.7 Å². The second-order valence-electron chi connectivity index (χ2n) is 6.97. The van der Waals surface area contributed by atoms with E-state index >= 15 is 0 Å². The number of amides is 1. The van der Waals surface area contributed by atoms with Crippen molar-refractivity contribution in [3.63, 3.8) is 0 Å². The molecule has 2 aliphatic rings. The number of hydrogen-bond acceptors (Lipinski definition) is 7. The van der Waals surface area contributed by atoms with Gasteiger partial charge in [-0.1, -0.05) is 12.8 Å². The van der Waals surface area contributed by atoms with Crippen molar-refractivity contribution < 1.29 is 14.3 Å². The maximum Gasteiger partial charge on any atom is 0.246 e. The maximum atomic E-state index is 12.1. The van der Waals surface area contributed by atoms with Gasteiger partial charge in [0.05, 0.1) is 24.6 Å². The van der Waals surface area contributed by atoms with Crippen LogP contribution in [0, 0.1) is 0 Å². The van der Waals surface area contributed by atoms with E-state index in [-0.39, 0.29) is 24.2 Å². The molecule has 2 atom stereocenters. The number of ether oxygens (including phenoxy) is 2. The smallest absolute Gasteiger partial charge is 0.246 e. The zero-order chi connectivity index (χ0) is 18.0. The maximum absolute atomic E-state index is 12.1. The van der Waals surface area contributed by atoms with Crippen molar-refractivity contribution in [2.75, 3.05) is 38.3 Å². The average molecular weight is 376 g/mol. The first-order chi connectivity index (χ1) is 12.7.